The van der Waals surface area contributed by atoms with Crippen molar-refractivity contribution in [3.05, 3.63) is 0 Å². The highest BCUT2D eigenvalue weighted by atomic mass is 32.2. The molecule has 8 heteroatoms. The van der Waals surface area contributed by atoms with E-state index in [2.05, 4.69) is 0 Å². The number of hydrogen-bond acceptors (Lipinski definition) is 4. The average molecular weight is 238 g/mol. The number of carboxylic acid groups (broad SMARTS) is 1. The molecule has 1 fully saturated rings. The van der Waals surface area contributed by atoms with Crippen molar-refractivity contribution in [2.24, 2.45) is 0 Å². The van der Waals surface area contributed by atoms with Gasteiger partial charge in [-0.2, -0.15) is 17.4 Å². The number of aliphatic carboxylic acids is 1. The Balaban J connectivity index is 2.46. The summed E-state index contributed by atoms with van der Waals surface area (Å²) in [6.45, 7) is 0.380. The van der Waals surface area contributed by atoms with Crippen molar-refractivity contribution in [1.82, 2.24) is 9.03 Å². The van der Waals surface area contributed by atoms with E-state index >= 15 is 0 Å². The van der Waals surface area contributed by atoms with Gasteiger partial charge in [0.25, 0.3) is 10.2 Å². The van der Waals surface area contributed by atoms with E-state index in [1.165, 1.54) is 4.31 Å². The molecular formula is C7H14N2O5S. The molecule has 0 aliphatic carbocycles. The smallest absolute Gasteiger partial charge is 0.333 e. The number of hydrogen-bond donors (Lipinski definition) is 3. The van der Waals surface area contributed by atoms with Crippen molar-refractivity contribution >= 4 is 16.2 Å². The summed E-state index contributed by atoms with van der Waals surface area (Å²) in [6.07, 6.45) is -0.0903. The van der Waals surface area contributed by atoms with Crippen LogP contribution in [0.2, 0.25) is 0 Å². The Kier molecular flexibility index (Phi) is 4.03. The maximum Gasteiger partial charge on any atom is 0.333 e. The minimum atomic E-state index is -3.63. The summed E-state index contributed by atoms with van der Waals surface area (Å²) in [5, 5.41) is 17.2. The summed E-state index contributed by atoms with van der Waals surface area (Å²) in [6, 6.07) is 0. The first-order valence-electron chi connectivity index (χ1n) is 4.59. The van der Waals surface area contributed by atoms with Crippen molar-refractivity contribution in [1.29, 1.82) is 0 Å². The first kappa shape index (κ1) is 12.4. The number of carboxylic acids is 1. The fourth-order valence-corrected chi connectivity index (χ4v) is 2.58. The SMILES string of the molecule is O=C(O)C(O)CNS(=O)(=O)N1CCCC1. The maximum atomic E-state index is 11.5. The van der Waals surface area contributed by atoms with Gasteiger partial charge >= 0.3 is 5.97 Å². The lowest BCUT2D eigenvalue weighted by Crippen LogP contribution is -2.43. The summed E-state index contributed by atoms with van der Waals surface area (Å²) in [7, 11) is -3.63. The number of aliphatic hydroxyl groups is 1. The standard InChI is InChI=1S/C7H14N2O5S/c10-6(7(11)12)5-8-15(13,14)9-3-1-2-4-9/h6,8,10H,1-5H2,(H,11,12). The zero-order chi connectivity index (χ0) is 11.5. The Morgan fingerprint density at radius 2 is 1.93 bits per heavy atom. The highest BCUT2D eigenvalue weighted by Gasteiger charge is 2.26. The number of aliphatic hydroxyl groups excluding tert-OH is 1. The van der Waals surface area contributed by atoms with Gasteiger partial charge in [0.05, 0.1) is 0 Å². The van der Waals surface area contributed by atoms with Crippen LogP contribution in [0.25, 0.3) is 0 Å². The van der Waals surface area contributed by atoms with E-state index in [0.29, 0.717) is 13.1 Å². The van der Waals surface area contributed by atoms with Crippen LogP contribution in [0.15, 0.2) is 0 Å². The molecular weight excluding hydrogens is 224 g/mol. The largest absolute Gasteiger partial charge is 0.479 e. The maximum absolute atomic E-state index is 11.5. The molecule has 88 valence electrons. The summed E-state index contributed by atoms with van der Waals surface area (Å²) < 4.78 is 26.2. The number of carbonyl (C=O) groups is 1. The van der Waals surface area contributed by atoms with Crippen LogP contribution < -0.4 is 4.72 Å². The summed E-state index contributed by atoms with van der Waals surface area (Å²) in [5.74, 6) is -1.45. The number of rotatable bonds is 5. The third kappa shape index (κ3) is 3.42. The minimum Gasteiger partial charge on any atom is -0.479 e. The predicted octanol–water partition coefficient (Wildman–Crippen LogP) is -1.64. The van der Waals surface area contributed by atoms with Crippen molar-refractivity contribution < 1.29 is 23.4 Å². The molecule has 1 saturated heterocycles. The van der Waals surface area contributed by atoms with Gasteiger partial charge in [0.2, 0.25) is 0 Å². The van der Waals surface area contributed by atoms with Crippen LogP contribution in [0.5, 0.6) is 0 Å². The molecule has 0 spiro atoms. The van der Waals surface area contributed by atoms with Gasteiger partial charge in [0, 0.05) is 19.6 Å². The second kappa shape index (κ2) is 4.88. The Morgan fingerprint density at radius 3 is 2.40 bits per heavy atom. The van der Waals surface area contributed by atoms with Crippen molar-refractivity contribution in [3.8, 4) is 0 Å². The highest BCUT2D eigenvalue weighted by molar-refractivity contribution is 7.87. The first-order chi connectivity index (χ1) is 6.93. The van der Waals surface area contributed by atoms with Gasteiger partial charge in [-0.1, -0.05) is 0 Å². The van der Waals surface area contributed by atoms with Crippen LogP contribution in [-0.2, 0) is 15.0 Å². The van der Waals surface area contributed by atoms with Crippen LogP contribution in [0.4, 0.5) is 0 Å². The zero-order valence-electron chi connectivity index (χ0n) is 8.09. The summed E-state index contributed by atoms with van der Waals surface area (Å²) in [4.78, 5) is 10.2. The molecule has 1 aliphatic heterocycles. The Hall–Kier alpha value is -0.700. The van der Waals surface area contributed by atoms with Gasteiger partial charge < -0.3 is 10.2 Å². The van der Waals surface area contributed by atoms with Crippen LogP contribution in [-0.4, -0.2) is 54.6 Å². The van der Waals surface area contributed by atoms with E-state index in [9.17, 15) is 13.2 Å². The molecule has 3 N–H and O–H groups in total. The highest BCUT2D eigenvalue weighted by Crippen LogP contribution is 2.10. The van der Waals surface area contributed by atoms with E-state index in [0.717, 1.165) is 12.8 Å². The van der Waals surface area contributed by atoms with E-state index < -0.39 is 28.8 Å². The van der Waals surface area contributed by atoms with Crippen LogP contribution in [0.3, 0.4) is 0 Å². The molecule has 7 nitrogen and oxygen atoms in total. The lowest BCUT2D eigenvalue weighted by atomic mass is 10.4. The molecule has 0 amide bonds. The average Bonchev–Trinajstić information content (AvgIpc) is 2.67. The Bertz CT molecular complexity index is 322. The molecule has 1 aliphatic rings. The van der Waals surface area contributed by atoms with Crippen LogP contribution in [0, 0.1) is 0 Å². The van der Waals surface area contributed by atoms with Gasteiger partial charge in [-0.25, -0.2) is 4.79 Å². The normalized spacial score (nSPS) is 20.3. The first-order valence-corrected chi connectivity index (χ1v) is 6.03. The molecule has 15 heavy (non-hydrogen) atoms. The van der Waals surface area contributed by atoms with Crippen LogP contribution in [0.1, 0.15) is 12.8 Å². The number of nitrogens with one attached hydrogen (secondary N) is 1. The van der Waals surface area contributed by atoms with Gasteiger partial charge in [-0.05, 0) is 12.8 Å². The minimum absolute atomic E-state index is 0.443. The fourth-order valence-electron chi connectivity index (χ4n) is 1.29. The molecule has 1 atom stereocenters. The quantitative estimate of drug-likeness (QED) is 0.532. The second-order valence-corrected chi connectivity index (χ2v) is 5.07. The molecule has 1 rings (SSSR count). The van der Waals surface area contributed by atoms with E-state index in [-0.39, 0.29) is 0 Å². The third-order valence-corrected chi connectivity index (χ3v) is 3.73. The molecule has 0 radical (unpaired) electrons. The van der Waals surface area contributed by atoms with E-state index in [4.69, 9.17) is 10.2 Å². The molecule has 0 saturated carbocycles. The fraction of sp³-hybridized carbons (Fsp3) is 0.857. The lowest BCUT2D eigenvalue weighted by molar-refractivity contribution is -0.146. The van der Waals surface area contributed by atoms with Crippen molar-refractivity contribution in [2.75, 3.05) is 19.6 Å². The van der Waals surface area contributed by atoms with Gasteiger partial charge in [-0.15, -0.1) is 0 Å². The molecule has 1 heterocycles. The monoisotopic (exact) mass is 238 g/mol. The van der Waals surface area contributed by atoms with Crippen LogP contribution >= 0.6 is 0 Å². The zero-order valence-corrected chi connectivity index (χ0v) is 8.90. The molecule has 0 bridgehead atoms. The van der Waals surface area contributed by atoms with Crippen molar-refractivity contribution in [3.63, 3.8) is 0 Å². The number of nitrogens with zero attached hydrogens (tertiary/aromatic N) is 1. The van der Waals surface area contributed by atoms with Gasteiger partial charge in [-0.3, -0.25) is 0 Å². The molecule has 1 unspecified atom stereocenters. The molecule has 0 aromatic carbocycles. The second-order valence-electron chi connectivity index (χ2n) is 3.31. The molecule has 0 aromatic rings. The molecule has 0 aromatic heterocycles. The van der Waals surface area contributed by atoms with E-state index in [1.54, 1.807) is 0 Å². The summed E-state index contributed by atoms with van der Waals surface area (Å²) in [5.41, 5.74) is 0. The topological polar surface area (TPSA) is 107 Å². The van der Waals surface area contributed by atoms with Crippen molar-refractivity contribution in [2.45, 2.75) is 18.9 Å². The Labute approximate surface area is 87.9 Å². The lowest BCUT2D eigenvalue weighted by Gasteiger charge is -2.16. The predicted molar refractivity (Wildman–Crippen MR) is 51.4 cm³/mol. The summed E-state index contributed by atoms with van der Waals surface area (Å²) >= 11 is 0. The van der Waals surface area contributed by atoms with Gasteiger partial charge in [0.15, 0.2) is 6.10 Å². The van der Waals surface area contributed by atoms with E-state index in [1.807, 2.05) is 4.72 Å². The van der Waals surface area contributed by atoms with Gasteiger partial charge in [0.1, 0.15) is 0 Å². The third-order valence-electron chi connectivity index (χ3n) is 2.15. The Morgan fingerprint density at radius 1 is 1.40 bits per heavy atom.